The maximum Gasteiger partial charge on any atom is 0.253 e. The molecule has 1 fully saturated rings. The number of amides is 1. The average molecular weight is 442 g/mol. The fourth-order valence-corrected chi connectivity index (χ4v) is 5.60. The van der Waals surface area contributed by atoms with Gasteiger partial charge in [-0.2, -0.15) is 9.40 Å². The van der Waals surface area contributed by atoms with Gasteiger partial charge in [-0.25, -0.2) is 18.1 Å². The Morgan fingerprint density at radius 1 is 1.13 bits per heavy atom. The van der Waals surface area contributed by atoms with Gasteiger partial charge in [-0.05, 0) is 44.4 Å². The Kier molecular flexibility index (Phi) is 6.06. The topological polar surface area (TPSA) is 97.2 Å². The van der Waals surface area contributed by atoms with Gasteiger partial charge >= 0.3 is 0 Å². The minimum Gasteiger partial charge on any atom is -0.348 e. The third-order valence-corrected chi connectivity index (χ3v) is 7.53. The van der Waals surface area contributed by atoms with Gasteiger partial charge in [0.15, 0.2) is 5.65 Å². The molecular formula is C22H27N5O3S. The maximum absolute atomic E-state index is 13.1. The maximum atomic E-state index is 13.1. The Labute approximate surface area is 182 Å². The summed E-state index contributed by atoms with van der Waals surface area (Å²) in [6, 6.07) is 8.77. The van der Waals surface area contributed by atoms with Crippen LogP contribution in [-0.4, -0.2) is 46.5 Å². The van der Waals surface area contributed by atoms with Gasteiger partial charge in [-0.3, -0.25) is 4.79 Å². The first-order valence-electron chi connectivity index (χ1n) is 10.6. The summed E-state index contributed by atoms with van der Waals surface area (Å²) in [6.45, 7) is 5.23. The SMILES string of the molecule is CC(C)n1ncc2cc(C(=O)NCc3ccccc3S(=O)(=O)N3CCCCC3)cnc21. The summed E-state index contributed by atoms with van der Waals surface area (Å²) in [5.41, 5.74) is 1.71. The zero-order chi connectivity index (χ0) is 22.0. The number of nitrogens with one attached hydrogen (secondary N) is 1. The van der Waals surface area contributed by atoms with E-state index >= 15 is 0 Å². The number of fused-ring (bicyclic) bond motifs is 1. The summed E-state index contributed by atoms with van der Waals surface area (Å²) in [7, 11) is -3.58. The van der Waals surface area contributed by atoms with E-state index in [1.165, 1.54) is 6.20 Å². The van der Waals surface area contributed by atoms with Gasteiger partial charge in [0, 0.05) is 37.3 Å². The molecule has 1 aromatic carbocycles. The van der Waals surface area contributed by atoms with Crippen LogP contribution in [0.25, 0.3) is 11.0 Å². The molecule has 2 aromatic heterocycles. The van der Waals surface area contributed by atoms with Crippen molar-refractivity contribution in [2.45, 2.75) is 50.6 Å². The third kappa shape index (κ3) is 4.33. The molecule has 1 N–H and O–H groups in total. The van der Waals surface area contributed by atoms with Crippen LogP contribution >= 0.6 is 0 Å². The minimum atomic E-state index is -3.58. The molecule has 8 nitrogen and oxygen atoms in total. The standard InChI is InChI=1S/C22H27N5O3S/c1-16(2)27-21-18(15-25-27)12-19(14-23-21)22(28)24-13-17-8-4-5-9-20(17)31(29,30)26-10-6-3-7-11-26/h4-5,8-9,12,14-16H,3,6-7,10-11,13H2,1-2H3,(H,24,28). The molecule has 0 atom stereocenters. The highest BCUT2D eigenvalue weighted by Crippen LogP contribution is 2.24. The first kappa shape index (κ1) is 21.5. The predicted octanol–water partition coefficient (Wildman–Crippen LogP) is 3.12. The number of piperidine rings is 1. The van der Waals surface area contributed by atoms with Crippen molar-refractivity contribution < 1.29 is 13.2 Å². The van der Waals surface area contributed by atoms with Crippen molar-refractivity contribution in [2.24, 2.45) is 0 Å². The molecule has 1 amide bonds. The molecule has 0 bridgehead atoms. The van der Waals surface area contributed by atoms with Gasteiger partial charge in [0.2, 0.25) is 10.0 Å². The quantitative estimate of drug-likeness (QED) is 0.634. The lowest BCUT2D eigenvalue weighted by molar-refractivity contribution is 0.0950. The number of carbonyl (C=O) groups excluding carboxylic acids is 1. The van der Waals surface area contributed by atoms with E-state index in [9.17, 15) is 13.2 Å². The minimum absolute atomic E-state index is 0.116. The zero-order valence-electron chi connectivity index (χ0n) is 17.8. The zero-order valence-corrected chi connectivity index (χ0v) is 18.6. The van der Waals surface area contributed by atoms with E-state index in [2.05, 4.69) is 15.4 Å². The van der Waals surface area contributed by atoms with Gasteiger partial charge in [-0.15, -0.1) is 0 Å². The number of rotatable bonds is 6. The average Bonchev–Trinajstić information content (AvgIpc) is 3.22. The van der Waals surface area contributed by atoms with Crippen molar-refractivity contribution in [2.75, 3.05) is 13.1 Å². The largest absolute Gasteiger partial charge is 0.348 e. The first-order chi connectivity index (χ1) is 14.9. The van der Waals surface area contributed by atoms with Crippen molar-refractivity contribution in [3.05, 3.63) is 53.9 Å². The third-order valence-electron chi connectivity index (χ3n) is 5.53. The van der Waals surface area contributed by atoms with Crippen LogP contribution in [-0.2, 0) is 16.6 Å². The highest BCUT2D eigenvalue weighted by atomic mass is 32.2. The van der Waals surface area contributed by atoms with Gasteiger partial charge in [0.05, 0.1) is 16.7 Å². The van der Waals surface area contributed by atoms with Gasteiger partial charge in [0.25, 0.3) is 5.91 Å². The molecule has 1 aliphatic heterocycles. The van der Waals surface area contributed by atoms with Crippen LogP contribution in [0.3, 0.4) is 0 Å². The number of pyridine rings is 1. The Bertz CT molecular complexity index is 1200. The van der Waals surface area contributed by atoms with E-state index in [0.717, 1.165) is 30.3 Å². The Morgan fingerprint density at radius 2 is 1.87 bits per heavy atom. The molecule has 4 rings (SSSR count). The first-order valence-corrected chi connectivity index (χ1v) is 12.0. The normalized spacial score (nSPS) is 15.5. The van der Waals surface area contributed by atoms with Gasteiger partial charge in [0.1, 0.15) is 0 Å². The van der Waals surface area contributed by atoms with E-state index in [4.69, 9.17) is 0 Å². The van der Waals surface area contributed by atoms with Crippen LogP contribution in [0.2, 0.25) is 0 Å². The summed E-state index contributed by atoms with van der Waals surface area (Å²) in [5.74, 6) is -0.308. The molecule has 0 radical (unpaired) electrons. The lowest BCUT2D eigenvalue weighted by atomic mass is 10.2. The van der Waals surface area contributed by atoms with Crippen LogP contribution in [0, 0.1) is 0 Å². The molecule has 0 saturated carbocycles. The number of sulfonamides is 1. The summed E-state index contributed by atoms with van der Waals surface area (Å²) in [4.78, 5) is 17.4. The van der Waals surface area contributed by atoms with Crippen LogP contribution < -0.4 is 5.32 Å². The van der Waals surface area contributed by atoms with Crippen molar-refractivity contribution in [3.8, 4) is 0 Å². The molecular weight excluding hydrogens is 414 g/mol. The van der Waals surface area contributed by atoms with E-state index in [0.29, 0.717) is 24.2 Å². The molecule has 1 aliphatic rings. The summed E-state index contributed by atoms with van der Waals surface area (Å²) in [6.07, 6.45) is 6.02. The van der Waals surface area contributed by atoms with Crippen molar-refractivity contribution >= 4 is 27.0 Å². The molecule has 0 unspecified atom stereocenters. The fraction of sp³-hybridized carbons (Fsp3) is 0.409. The number of hydrogen-bond donors (Lipinski definition) is 1. The number of nitrogens with zero attached hydrogens (tertiary/aromatic N) is 4. The lowest BCUT2D eigenvalue weighted by Crippen LogP contribution is -2.36. The summed E-state index contributed by atoms with van der Waals surface area (Å²) in [5, 5.41) is 7.95. The second-order valence-corrected chi connectivity index (χ2v) is 9.98. The Morgan fingerprint density at radius 3 is 2.61 bits per heavy atom. The van der Waals surface area contributed by atoms with Crippen LogP contribution in [0.5, 0.6) is 0 Å². The summed E-state index contributed by atoms with van der Waals surface area (Å²) >= 11 is 0. The number of benzene rings is 1. The van der Waals surface area contributed by atoms with Crippen LogP contribution in [0.1, 0.15) is 55.1 Å². The second-order valence-electron chi connectivity index (χ2n) is 8.07. The fourth-order valence-electron chi connectivity index (χ4n) is 3.87. The monoisotopic (exact) mass is 441 g/mol. The molecule has 0 spiro atoms. The molecule has 164 valence electrons. The highest BCUT2D eigenvalue weighted by molar-refractivity contribution is 7.89. The molecule has 31 heavy (non-hydrogen) atoms. The lowest BCUT2D eigenvalue weighted by Gasteiger charge is -2.26. The van der Waals surface area contributed by atoms with Gasteiger partial charge in [-0.1, -0.05) is 24.6 Å². The smallest absolute Gasteiger partial charge is 0.253 e. The second kappa shape index (κ2) is 8.76. The summed E-state index contributed by atoms with van der Waals surface area (Å²) < 4.78 is 29.6. The van der Waals surface area contributed by atoms with E-state index in [1.54, 1.807) is 45.5 Å². The molecule has 3 aromatic rings. The predicted molar refractivity (Wildman–Crippen MR) is 118 cm³/mol. The number of carbonyl (C=O) groups is 1. The number of aromatic nitrogens is 3. The van der Waals surface area contributed by atoms with Crippen molar-refractivity contribution in [3.63, 3.8) is 0 Å². The molecule has 1 saturated heterocycles. The highest BCUT2D eigenvalue weighted by Gasteiger charge is 2.28. The Hall–Kier alpha value is -2.78. The van der Waals surface area contributed by atoms with Gasteiger partial charge < -0.3 is 5.32 Å². The molecule has 9 heteroatoms. The van der Waals surface area contributed by atoms with E-state index in [1.807, 2.05) is 13.8 Å². The van der Waals surface area contributed by atoms with Crippen LogP contribution in [0.4, 0.5) is 0 Å². The molecule has 3 heterocycles. The van der Waals surface area contributed by atoms with E-state index in [-0.39, 0.29) is 23.4 Å². The van der Waals surface area contributed by atoms with Crippen molar-refractivity contribution in [1.82, 2.24) is 24.4 Å². The Balaban J connectivity index is 1.52. The van der Waals surface area contributed by atoms with Crippen molar-refractivity contribution in [1.29, 1.82) is 0 Å². The molecule has 0 aliphatic carbocycles. The number of hydrogen-bond acceptors (Lipinski definition) is 5. The van der Waals surface area contributed by atoms with Crippen LogP contribution in [0.15, 0.2) is 47.6 Å². The van der Waals surface area contributed by atoms with E-state index < -0.39 is 10.0 Å².